The van der Waals surface area contributed by atoms with Crippen LogP contribution in [0, 0.1) is 25.2 Å². The highest BCUT2D eigenvalue weighted by atomic mass is 32.1. The number of rotatable bonds is 8. The Labute approximate surface area is 206 Å². The Bertz CT molecular complexity index is 1390. The van der Waals surface area contributed by atoms with Gasteiger partial charge in [-0.25, -0.2) is 9.78 Å². The molecule has 0 saturated heterocycles. The second-order valence-electron chi connectivity index (χ2n) is 7.92. The largest absolute Gasteiger partial charge is 0.467 e. The molecule has 3 aromatic heterocycles. The lowest BCUT2D eigenvalue weighted by atomic mass is 10.1. The monoisotopic (exact) mass is 488 g/mol. The quantitative estimate of drug-likeness (QED) is 0.346. The lowest BCUT2D eigenvalue weighted by Gasteiger charge is -2.12. The average Bonchev–Trinajstić information content (AvgIpc) is 3.61. The number of thiazole rings is 1. The molecule has 0 aliphatic carbocycles. The highest BCUT2D eigenvalue weighted by Crippen LogP contribution is 2.28. The number of anilines is 1. The number of nitrogens with one attached hydrogen (secondary N) is 1. The van der Waals surface area contributed by atoms with Gasteiger partial charge in [-0.3, -0.25) is 4.79 Å². The molecule has 0 aliphatic rings. The van der Waals surface area contributed by atoms with Crippen LogP contribution in [0.15, 0.2) is 52.5 Å². The number of esters is 1. The molecule has 8 nitrogen and oxygen atoms in total. The maximum absolute atomic E-state index is 12.6. The van der Waals surface area contributed by atoms with Crippen molar-refractivity contribution in [3.63, 3.8) is 0 Å². The van der Waals surface area contributed by atoms with E-state index in [2.05, 4.69) is 23.3 Å². The normalized spacial score (nSPS) is 10.7. The van der Waals surface area contributed by atoms with Gasteiger partial charge in [0.15, 0.2) is 12.3 Å². The predicted molar refractivity (Wildman–Crippen MR) is 132 cm³/mol. The van der Waals surface area contributed by atoms with Gasteiger partial charge in [-0.15, -0.1) is 11.3 Å². The maximum atomic E-state index is 12.6. The summed E-state index contributed by atoms with van der Waals surface area (Å²) in [4.78, 5) is 29.5. The highest BCUT2D eigenvalue weighted by molar-refractivity contribution is 7.13. The van der Waals surface area contributed by atoms with Crippen LogP contribution in [0.2, 0.25) is 0 Å². The van der Waals surface area contributed by atoms with E-state index in [1.807, 2.05) is 44.2 Å². The van der Waals surface area contributed by atoms with Crippen LogP contribution in [-0.4, -0.2) is 28.0 Å². The summed E-state index contributed by atoms with van der Waals surface area (Å²) in [6.45, 7) is 5.61. The van der Waals surface area contributed by atoms with Crippen molar-refractivity contribution in [1.82, 2.24) is 9.55 Å². The summed E-state index contributed by atoms with van der Waals surface area (Å²) in [6.07, 6.45) is 2.51. The third kappa shape index (κ3) is 5.18. The van der Waals surface area contributed by atoms with E-state index < -0.39 is 18.5 Å². The Hall–Kier alpha value is -4.16. The van der Waals surface area contributed by atoms with Gasteiger partial charge in [-0.2, -0.15) is 5.26 Å². The molecule has 0 aliphatic heterocycles. The minimum Gasteiger partial charge on any atom is -0.467 e. The van der Waals surface area contributed by atoms with Crippen molar-refractivity contribution in [2.75, 3.05) is 11.9 Å². The van der Waals surface area contributed by atoms with Gasteiger partial charge in [0, 0.05) is 16.6 Å². The van der Waals surface area contributed by atoms with E-state index in [4.69, 9.17) is 9.15 Å². The van der Waals surface area contributed by atoms with Crippen LogP contribution in [0.1, 0.15) is 45.6 Å². The van der Waals surface area contributed by atoms with Gasteiger partial charge < -0.3 is 19.0 Å². The van der Waals surface area contributed by atoms with Gasteiger partial charge in [0.1, 0.15) is 22.7 Å². The zero-order valence-corrected chi connectivity index (χ0v) is 20.4. The first-order valence-electron chi connectivity index (χ1n) is 11.0. The Balaban J connectivity index is 1.42. The molecule has 9 heteroatoms. The molecule has 0 saturated carbocycles. The topological polar surface area (TPSA) is 110 Å². The number of amides is 1. The predicted octanol–water partition coefficient (Wildman–Crippen LogP) is 5.10. The van der Waals surface area contributed by atoms with Crippen molar-refractivity contribution >= 4 is 29.0 Å². The lowest BCUT2D eigenvalue weighted by molar-refractivity contribution is -0.119. The molecule has 0 fully saturated rings. The zero-order chi connectivity index (χ0) is 24.9. The van der Waals surface area contributed by atoms with Crippen molar-refractivity contribution in [1.29, 1.82) is 5.26 Å². The van der Waals surface area contributed by atoms with Crippen molar-refractivity contribution < 1.29 is 18.7 Å². The third-order valence-corrected chi connectivity index (χ3v) is 6.64. The molecule has 0 unspecified atom stereocenters. The van der Waals surface area contributed by atoms with Crippen LogP contribution in [0.3, 0.4) is 0 Å². The second kappa shape index (κ2) is 10.4. The van der Waals surface area contributed by atoms with Gasteiger partial charge >= 0.3 is 5.97 Å². The fraction of sp³-hybridized carbons (Fsp3) is 0.231. The molecule has 35 heavy (non-hydrogen) atoms. The van der Waals surface area contributed by atoms with Crippen molar-refractivity contribution in [3.05, 3.63) is 81.9 Å². The molecule has 4 rings (SSSR count). The van der Waals surface area contributed by atoms with E-state index in [-0.39, 0.29) is 5.69 Å². The number of hydrogen-bond donors (Lipinski definition) is 1. The number of aryl methyl sites for hydroxylation is 1. The molecule has 4 aromatic rings. The Morgan fingerprint density at radius 1 is 1.23 bits per heavy atom. The molecule has 1 N–H and O–H groups in total. The minimum atomic E-state index is -0.688. The summed E-state index contributed by atoms with van der Waals surface area (Å²) >= 11 is 1.33. The number of nitriles is 1. The van der Waals surface area contributed by atoms with E-state index in [9.17, 15) is 14.9 Å². The summed E-state index contributed by atoms with van der Waals surface area (Å²) < 4.78 is 12.4. The van der Waals surface area contributed by atoms with Crippen LogP contribution in [0.4, 0.5) is 5.82 Å². The van der Waals surface area contributed by atoms with E-state index in [1.165, 1.54) is 16.9 Å². The van der Waals surface area contributed by atoms with E-state index in [0.717, 1.165) is 23.2 Å². The first-order chi connectivity index (χ1) is 16.9. The summed E-state index contributed by atoms with van der Waals surface area (Å²) in [5.41, 5.74) is 4.21. The first-order valence-corrected chi connectivity index (χ1v) is 11.9. The van der Waals surface area contributed by atoms with E-state index in [0.29, 0.717) is 28.7 Å². The molecule has 0 spiro atoms. The smallest absolute Gasteiger partial charge is 0.358 e. The molecular formula is C26H24N4O4S. The summed E-state index contributed by atoms with van der Waals surface area (Å²) in [5.74, 6) is -0.227. The van der Waals surface area contributed by atoms with E-state index in [1.54, 1.807) is 22.3 Å². The molecule has 1 aromatic carbocycles. The molecule has 0 bridgehead atoms. The van der Waals surface area contributed by atoms with Crippen LogP contribution < -0.4 is 5.32 Å². The summed E-state index contributed by atoms with van der Waals surface area (Å²) in [7, 11) is 0. The minimum absolute atomic E-state index is 0.142. The number of carbonyl (C=O) groups excluding carboxylic acids is 2. The zero-order valence-electron chi connectivity index (χ0n) is 19.6. The number of carbonyl (C=O) groups is 2. The fourth-order valence-electron chi connectivity index (χ4n) is 3.64. The van der Waals surface area contributed by atoms with Crippen molar-refractivity contribution in [2.45, 2.75) is 33.7 Å². The second-order valence-corrected chi connectivity index (χ2v) is 8.78. The molecule has 178 valence electrons. The molecular weight excluding hydrogens is 464 g/mol. The van der Waals surface area contributed by atoms with Gasteiger partial charge in [0.25, 0.3) is 5.91 Å². The van der Waals surface area contributed by atoms with Gasteiger partial charge in [0.05, 0.1) is 18.4 Å². The third-order valence-electron chi connectivity index (χ3n) is 5.75. The van der Waals surface area contributed by atoms with Crippen molar-refractivity contribution in [2.24, 2.45) is 0 Å². The Morgan fingerprint density at radius 3 is 2.66 bits per heavy atom. The fourth-order valence-corrected chi connectivity index (χ4v) is 4.44. The molecule has 1 amide bonds. The van der Waals surface area contributed by atoms with Gasteiger partial charge in [-0.05, 0) is 43.5 Å². The number of ether oxygens (including phenoxy) is 1. The number of aromatic nitrogens is 2. The number of nitrogens with zero attached hydrogens (tertiary/aromatic N) is 3. The van der Waals surface area contributed by atoms with E-state index >= 15 is 0 Å². The van der Waals surface area contributed by atoms with Crippen molar-refractivity contribution in [3.8, 4) is 16.6 Å². The molecule has 0 atom stereocenters. The Kier molecular flexibility index (Phi) is 7.13. The SMILES string of the molecule is CCc1ccc(-c2nc(C(=O)OCC(=O)Nc3c(C#N)c(C)c(C)n3Cc3ccco3)cs2)cc1. The van der Waals surface area contributed by atoms with Crippen LogP contribution >= 0.6 is 11.3 Å². The average molecular weight is 489 g/mol. The van der Waals surface area contributed by atoms with Crippen LogP contribution in [0.25, 0.3) is 10.6 Å². The Morgan fingerprint density at radius 2 is 2.00 bits per heavy atom. The standard InChI is InChI=1S/C26H24N4O4S/c1-4-18-7-9-19(10-8-18)25-28-22(15-35-25)26(32)34-14-23(31)29-24-21(12-27)16(2)17(3)30(24)13-20-6-5-11-33-20/h5-11,15H,4,13-14H2,1-3H3,(H,29,31). The molecule has 3 heterocycles. The summed E-state index contributed by atoms with van der Waals surface area (Å²) in [5, 5.41) is 14.7. The van der Waals surface area contributed by atoms with Gasteiger partial charge in [-0.1, -0.05) is 31.2 Å². The number of benzene rings is 1. The first kappa shape index (κ1) is 24.0. The molecule has 0 radical (unpaired) electrons. The number of hydrogen-bond acceptors (Lipinski definition) is 7. The lowest BCUT2D eigenvalue weighted by Crippen LogP contribution is -2.23. The maximum Gasteiger partial charge on any atom is 0.358 e. The van der Waals surface area contributed by atoms with Crippen LogP contribution in [0.5, 0.6) is 0 Å². The van der Waals surface area contributed by atoms with Crippen LogP contribution in [-0.2, 0) is 22.5 Å². The number of furan rings is 1. The van der Waals surface area contributed by atoms with Gasteiger partial charge in [0.2, 0.25) is 0 Å². The summed E-state index contributed by atoms with van der Waals surface area (Å²) in [6, 6.07) is 13.7. The highest BCUT2D eigenvalue weighted by Gasteiger charge is 2.21.